The summed E-state index contributed by atoms with van der Waals surface area (Å²) in [6.07, 6.45) is 1.20. The summed E-state index contributed by atoms with van der Waals surface area (Å²) in [5.74, 6) is 0.632. The van der Waals surface area contributed by atoms with E-state index in [9.17, 15) is 4.79 Å². The Kier molecular flexibility index (Phi) is 6.03. The van der Waals surface area contributed by atoms with Gasteiger partial charge in [-0.15, -0.1) is 11.8 Å². The predicted octanol–water partition coefficient (Wildman–Crippen LogP) is 4.04. The number of ether oxygens (including phenoxy) is 1. The fraction of sp³-hybridized carbons (Fsp3) is 0.364. The standard InChI is InChI=1S/C11H12Cl2O2S/c1-15-11(14)3-2-6-16-10-7-8(12)4-5-9(10)13/h4-5,7H,2-3,6H2,1H3. The molecule has 88 valence electrons. The normalized spacial score (nSPS) is 10.2. The van der Waals surface area contributed by atoms with Gasteiger partial charge in [0.05, 0.1) is 12.1 Å². The first-order chi connectivity index (χ1) is 7.63. The Labute approximate surface area is 109 Å². The first-order valence-corrected chi connectivity index (χ1v) is 6.52. The lowest BCUT2D eigenvalue weighted by atomic mass is 10.3. The molecule has 0 saturated carbocycles. The monoisotopic (exact) mass is 278 g/mol. The van der Waals surface area contributed by atoms with Crippen molar-refractivity contribution in [3.8, 4) is 0 Å². The van der Waals surface area contributed by atoms with Crippen LogP contribution in [0.3, 0.4) is 0 Å². The number of carbonyl (C=O) groups excluding carboxylic acids is 1. The van der Waals surface area contributed by atoms with Crippen molar-refractivity contribution in [2.75, 3.05) is 12.9 Å². The fourth-order valence-corrected chi connectivity index (χ4v) is 2.53. The van der Waals surface area contributed by atoms with E-state index in [0.29, 0.717) is 16.5 Å². The molecule has 0 unspecified atom stereocenters. The highest BCUT2D eigenvalue weighted by atomic mass is 35.5. The van der Waals surface area contributed by atoms with Crippen LogP contribution in [0.5, 0.6) is 0 Å². The third-order valence-corrected chi connectivity index (χ3v) is 3.72. The maximum atomic E-state index is 10.9. The molecule has 0 aliphatic carbocycles. The zero-order chi connectivity index (χ0) is 12.0. The summed E-state index contributed by atoms with van der Waals surface area (Å²) in [6, 6.07) is 5.35. The van der Waals surface area contributed by atoms with Crippen LogP contribution >= 0.6 is 35.0 Å². The molecule has 0 radical (unpaired) electrons. The van der Waals surface area contributed by atoms with Crippen LogP contribution in [0.1, 0.15) is 12.8 Å². The summed E-state index contributed by atoms with van der Waals surface area (Å²) in [4.78, 5) is 11.8. The quantitative estimate of drug-likeness (QED) is 0.462. The van der Waals surface area contributed by atoms with E-state index in [-0.39, 0.29) is 5.97 Å². The second-order valence-electron chi connectivity index (χ2n) is 3.10. The van der Waals surface area contributed by atoms with Gasteiger partial charge in [-0.2, -0.15) is 0 Å². The van der Waals surface area contributed by atoms with Crippen LogP contribution in [-0.4, -0.2) is 18.8 Å². The Hall–Kier alpha value is -0.380. The molecule has 0 bridgehead atoms. The molecule has 0 heterocycles. The van der Waals surface area contributed by atoms with Gasteiger partial charge in [0.1, 0.15) is 0 Å². The Bertz CT molecular complexity index is 369. The lowest BCUT2D eigenvalue weighted by Crippen LogP contribution is -1.99. The molecule has 0 atom stereocenters. The maximum absolute atomic E-state index is 10.9. The molecule has 0 saturated heterocycles. The molecule has 0 aliphatic heterocycles. The summed E-state index contributed by atoms with van der Waals surface area (Å²) in [5, 5.41) is 1.35. The molecule has 5 heteroatoms. The first kappa shape index (κ1) is 13.7. The SMILES string of the molecule is COC(=O)CCCSc1cc(Cl)ccc1Cl. The van der Waals surface area contributed by atoms with Crippen LogP contribution < -0.4 is 0 Å². The largest absolute Gasteiger partial charge is 0.469 e. The molecule has 0 aliphatic rings. The fourth-order valence-electron chi connectivity index (χ4n) is 1.09. The molecule has 2 nitrogen and oxygen atoms in total. The lowest BCUT2D eigenvalue weighted by molar-refractivity contribution is -0.140. The minimum atomic E-state index is -0.183. The highest BCUT2D eigenvalue weighted by Gasteiger charge is 2.04. The van der Waals surface area contributed by atoms with Gasteiger partial charge in [0.2, 0.25) is 0 Å². The van der Waals surface area contributed by atoms with Gasteiger partial charge < -0.3 is 4.74 Å². The van der Waals surface area contributed by atoms with Crippen LogP contribution in [0, 0.1) is 0 Å². The molecule has 0 fully saturated rings. The minimum absolute atomic E-state index is 0.183. The van der Waals surface area contributed by atoms with Crippen molar-refractivity contribution in [3.63, 3.8) is 0 Å². The summed E-state index contributed by atoms with van der Waals surface area (Å²) in [7, 11) is 1.39. The van der Waals surface area contributed by atoms with Crippen LogP contribution in [0.2, 0.25) is 10.0 Å². The zero-order valence-corrected chi connectivity index (χ0v) is 11.2. The Morgan fingerprint density at radius 2 is 2.19 bits per heavy atom. The van der Waals surface area contributed by atoms with E-state index in [2.05, 4.69) is 4.74 Å². The zero-order valence-electron chi connectivity index (χ0n) is 8.83. The highest BCUT2D eigenvalue weighted by Crippen LogP contribution is 2.30. The number of halogens is 2. The van der Waals surface area contributed by atoms with Crippen molar-refractivity contribution in [1.82, 2.24) is 0 Å². The number of hydrogen-bond acceptors (Lipinski definition) is 3. The van der Waals surface area contributed by atoms with Crippen molar-refractivity contribution in [2.45, 2.75) is 17.7 Å². The van der Waals surface area contributed by atoms with E-state index < -0.39 is 0 Å². The van der Waals surface area contributed by atoms with Gasteiger partial charge in [-0.1, -0.05) is 23.2 Å². The smallest absolute Gasteiger partial charge is 0.305 e. The predicted molar refractivity (Wildman–Crippen MR) is 68.4 cm³/mol. The van der Waals surface area contributed by atoms with E-state index in [1.165, 1.54) is 7.11 Å². The number of carbonyl (C=O) groups is 1. The Morgan fingerprint density at radius 3 is 2.88 bits per heavy atom. The van der Waals surface area contributed by atoms with Crippen LogP contribution in [0.15, 0.2) is 23.1 Å². The number of hydrogen-bond donors (Lipinski definition) is 0. The average Bonchev–Trinajstić information content (AvgIpc) is 2.28. The van der Waals surface area contributed by atoms with E-state index in [1.54, 1.807) is 23.9 Å². The van der Waals surface area contributed by atoms with E-state index in [4.69, 9.17) is 23.2 Å². The minimum Gasteiger partial charge on any atom is -0.469 e. The van der Waals surface area contributed by atoms with Crippen molar-refractivity contribution >= 4 is 40.9 Å². The first-order valence-electron chi connectivity index (χ1n) is 4.78. The van der Waals surface area contributed by atoms with Gasteiger partial charge in [0.25, 0.3) is 0 Å². The molecule has 0 amide bonds. The topological polar surface area (TPSA) is 26.3 Å². The van der Waals surface area contributed by atoms with Crippen molar-refractivity contribution in [2.24, 2.45) is 0 Å². The summed E-state index contributed by atoms with van der Waals surface area (Å²) >= 11 is 13.4. The van der Waals surface area contributed by atoms with Crippen LogP contribution in [0.25, 0.3) is 0 Å². The third-order valence-electron chi connectivity index (χ3n) is 1.90. The Morgan fingerprint density at radius 1 is 1.44 bits per heavy atom. The van der Waals surface area contributed by atoms with Crippen molar-refractivity contribution in [1.29, 1.82) is 0 Å². The van der Waals surface area contributed by atoms with Gasteiger partial charge in [0.15, 0.2) is 0 Å². The number of methoxy groups -OCH3 is 1. The number of rotatable bonds is 5. The highest BCUT2D eigenvalue weighted by molar-refractivity contribution is 7.99. The summed E-state index contributed by atoms with van der Waals surface area (Å²) in [6.45, 7) is 0. The van der Waals surface area contributed by atoms with E-state index in [1.807, 2.05) is 6.07 Å². The maximum Gasteiger partial charge on any atom is 0.305 e. The van der Waals surface area contributed by atoms with Crippen LogP contribution in [-0.2, 0) is 9.53 Å². The van der Waals surface area contributed by atoms with E-state index >= 15 is 0 Å². The van der Waals surface area contributed by atoms with Gasteiger partial charge >= 0.3 is 5.97 Å². The summed E-state index contributed by atoms with van der Waals surface area (Å²) in [5.41, 5.74) is 0. The number of esters is 1. The molecular weight excluding hydrogens is 267 g/mol. The molecule has 0 aromatic heterocycles. The van der Waals surface area contributed by atoms with Gasteiger partial charge in [-0.3, -0.25) is 4.79 Å². The van der Waals surface area contributed by atoms with Gasteiger partial charge in [-0.05, 0) is 30.4 Å². The second kappa shape index (κ2) is 7.05. The molecule has 16 heavy (non-hydrogen) atoms. The van der Waals surface area contributed by atoms with Crippen molar-refractivity contribution < 1.29 is 9.53 Å². The summed E-state index contributed by atoms with van der Waals surface area (Å²) < 4.78 is 4.55. The second-order valence-corrected chi connectivity index (χ2v) is 5.08. The van der Waals surface area contributed by atoms with Crippen molar-refractivity contribution in [3.05, 3.63) is 28.2 Å². The third kappa shape index (κ3) is 4.64. The molecule has 1 aromatic carbocycles. The van der Waals surface area contributed by atoms with Crippen LogP contribution in [0.4, 0.5) is 0 Å². The number of benzene rings is 1. The van der Waals surface area contributed by atoms with Gasteiger partial charge in [-0.25, -0.2) is 0 Å². The Balaban J connectivity index is 2.37. The lowest BCUT2D eigenvalue weighted by Gasteiger charge is -2.04. The molecular formula is C11H12Cl2O2S. The van der Waals surface area contributed by atoms with E-state index in [0.717, 1.165) is 17.1 Å². The molecule has 1 rings (SSSR count). The average molecular weight is 279 g/mol. The molecule has 0 spiro atoms. The van der Waals surface area contributed by atoms with Gasteiger partial charge in [0, 0.05) is 16.3 Å². The molecule has 0 N–H and O–H groups in total. The number of thioether (sulfide) groups is 1. The molecule has 1 aromatic rings.